The first kappa shape index (κ1) is 38.7. The molecule has 0 aliphatic carbocycles. The van der Waals surface area contributed by atoms with Crippen LogP contribution in [0.1, 0.15) is 79.7 Å². The van der Waals surface area contributed by atoms with Gasteiger partial charge in [0.15, 0.2) is 5.78 Å². The van der Waals surface area contributed by atoms with E-state index in [2.05, 4.69) is 98.6 Å². The van der Waals surface area contributed by atoms with E-state index in [9.17, 15) is 9.90 Å². The first-order valence-electron chi connectivity index (χ1n) is 17.8. The molecule has 0 fully saturated rings. The predicted octanol–water partition coefficient (Wildman–Crippen LogP) is 12.7. The van der Waals surface area contributed by atoms with E-state index >= 15 is 0 Å². The maximum atomic E-state index is 11.7. The predicted molar refractivity (Wildman–Crippen MR) is 206 cm³/mol. The smallest absolute Gasteiger partial charge is 0.162 e. The van der Waals surface area contributed by atoms with Gasteiger partial charge in [-0.05, 0) is 77.7 Å². The Kier molecular flexibility index (Phi) is 13.4. The maximum Gasteiger partial charge on any atom is 0.162 e. The summed E-state index contributed by atoms with van der Waals surface area (Å²) >= 11 is 0. The summed E-state index contributed by atoms with van der Waals surface area (Å²) in [5.74, 6) is 0.547. The van der Waals surface area contributed by atoms with E-state index < -0.39 is 0 Å². The van der Waals surface area contributed by atoms with Crippen molar-refractivity contribution in [2.24, 2.45) is 17.3 Å². The number of fused-ring (bicyclic) bond motifs is 5. The van der Waals surface area contributed by atoms with Crippen molar-refractivity contribution in [3.8, 4) is 22.4 Å². The molecular weight excluding hydrogens is 795 g/mol. The molecule has 1 N–H and O–H groups in total. The molecule has 0 bridgehead atoms. The monoisotopic (exact) mass is 845 g/mol. The van der Waals surface area contributed by atoms with Gasteiger partial charge >= 0.3 is 0 Å². The standard InChI is InChI=1S/C32H26NO.C13H24O2.Ir/c1-32(2,3)20-21-16-17-33-28(18-21)23-9-6-8-22(19-23)24-11-7-12-26-25(24)14-15-30-31(26)27-10-4-5-13-29(27)34-30;1-5-10(6-2)12(14)9-13(15)11(7-3)8-4;/h4-8,10-19H,20H2,1-3H3;9-11,14H,5-8H2,1-4H3;/q-1;;/b;12-9-;. The summed E-state index contributed by atoms with van der Waals surface area (Å²) in [5, 5.41) is 14.5. The van der Waals surface area contributed by atoms with Crippen LogP contribution in [-0.4, -0.2) is 15.9 Å². The normalized spacial score (nSPS) is 12.0. The van der Waals surface area contributed by atoms with Gasteiger partial charge in [-0.25, -0.2) is 0 Å². The molecule has 0 aliphatic heterocycles. The maximum absolute atomic E-state index is 11.7. The molecule has 1 radical (unpaired) electrons. The zero-order valence-electron chi connectivity index (χ0n) is 30.5. The van der Waals surface area contributed by atoms with E-state index in [4.69, 9.17) is 4.42 Å². The van der Waals surface area contributed by atoms with Crippen LogP contribution >= 0.6 is 0 Å². The first-order valence-corrected chi connectivity index (χ1v) is 17.8. The van der Waals surface area contributed by atoms with E-state index in [0.29, 0.717) is 0 Å². The van der Waals surface area contributed by atoms with Gasteiger partial charge in [0.2, 0.25) is 0 Å². The second-order valence-corrected chi connectivity index (χ2v) is 14.2. The summed E-state index contributed by atoms with van der Waals surface area (Å²) in [6.07, 6.45) is 7.83. The summed E-state index contributed by atoms with van der Waals surface area (Å²) in [5.41, 5.74) is 7.72. The fourth-order valence-electron chi connectivity index (χ4n) is 6.74. The number of hydrogen-bond donors (Lipinski definition) is 1. The molecule has 4 aromatic carbocycles. The second-order valence-electron chi connectivity index (χ2n) is 14.2. The first-order chi connectivity index (χ1) is 23.6. The number of para-hydroxylation sites is 1. The Hall–Kier alpha value is -4.05. The Morgan fingerprint density at radius 1 is 0.820 bits per heavy atom. The van der Waals surface area contributed by atoms with Gasteiger partial charge in [0, 0.05) is 55.0 Å². The quantitative estimate of drug-likeness (QED) is 0.0847. The molecule has 263 valence electrons. The number of aromatic nitrogens is 1. The van der Waals surface area contributed by atoms with Crippen LogP contribution in [0.3, 0.4) is 0 Å². The number of allylic oxidation sites excluding steroid dienone is 2. The molecule has 0 atom stereocenters. The van der Waals surface area contributed by atoms with Crippen LogP contribution in [0, 0.1) is 23.3 Å². The zero-order valence-corrected chi connectivity index (χ0v) is 32.9. The minimum Gasteiger partial charge on any atom is -0.512 e. The molecule has 5 heteroatoms. The number of benzene rings is 4. The van der Waals surface area contributed by atoms with E-state index in [1.807, 2.05) is 52.1 Å². The molecule has 4 nitrogen and oxygen atoms in total. The molecule has 0 aliphatic rings. The van der Waals surface area contributed by atoms with Crippen LogP contribution in [0.25, 0.3) is 55.1 Å². The minimum absolute atomic E-state index is 0. The summed E-state index contributed by atoms with van der Waals surface area (Å²) < 4.78 is 6.12. The van der Waals surface area contributed by atoms with Crippen LogP contribution in [0.2, 0.25) is 0 Å². The van der Waals surface area contributed by atoms with Crippen LogP contribution in [-0.2, 0) is 31.3 Å². The van der Waals surface area contributed by atoms with E-state index in [-0.39, 0.29) is 48.9 Å². The molecule has 6 aromatic rings. The molecule has 2 aromatic heterocycles. The third-order valence-electron chi connectivity index (χ3n) is 9.43. The summed E-state index contributed by atoms with van der Waals surface area (Å²) in [4.78, 5) is 16.4. The van der Waals surface area contributed by atoms with Crippen LogP contribution < -0.4 is 0 Å². The number of aliphatic hydroxyl groups excluding tert-OH is 1. The van der Waals surface area contributed by atoms with Crippen molar-refractivity contribution >= 4 is 38.5 Å². The Balaban J connectivity index is 0.000000301. The van der Waals surface area contributed by atoms with E-state index in [1.54, 1.807) is 0 Å². The van der Waals surface area contributed by atoms with Crippen molar-refractivity contribution in [3.63, 3.8) is 0 Å². The van der Waals surface area contributed by atoms with Crippen molar-refractivity contribution in [2.45, 2.75) is 80.6 Å². The van der Waals surface area contributed by atoms with Gasteiger partial charge < -0.3 is 14.5 Å². The van der Waals surface area contributed by atoms with Gasteiger partial charge in [0.05, 0.1) is 5.76 Å². The molecule has 0 saturated heterocycles. The van der Waals surface area contributed by atoms with Crippen molar-refractivity contribution in [3.05, 3.63) is 115 Å². The summed E-state index contributed by atoms with van der Waals surface area (Å²) in [6, 6.07) is 33.1. The fourth-order valence-corrected chi connectivity index (χ4v) is 6.74. The van der Waals surface area contributed by atoms with Gasteiger partial charge in [0.1, 0.15) is 11.2 Å². The van der Waals surface area contributed by atoms with Crippen molar-refractivity contribution in [2.75, 3.05) is 0 Å². The Morgan fingerprint density at radius 2 is 1.52 bits per heavy atom. The van der Waals surface area contributed by atoms with Crippen LogP contribution in [0.15, 0.2) is 107 Å². The Morgan fingerprint density at radius 3 is 2.22 bits per heavy atom. The van der Waals surface area contributed by atoms with Gasteiger partial charge in [-0.2, -0.15) is 0 Å². The number of pyridine rings is 1. The van der Waals surface area contributed by atoms with Crippen molar-refractivity contribution in [1.82, 2.24) is 4.98 Å². The molecule has 2 heterocycles. The summed E-state index contributed by atoms with van der Waals surface area (Å²) in [6.45, 7) is 14.9. The number of hydrogen-bond acceptors (Lipinski definition) is 4. The zero-order chi connectivity index (χ0) is 35.1. The average Bonchev–Trinajstić information content (AvgIpc) is 3.48. The van der Waals surface area contributed by atoms with Gasteiger partial charge in [0.25, 0.3) is 0 Å². The van der Waals surface area contributed by atoms with Crippen molar-refractivity contribution in [1.29, 1.82) is 0 Å². The van der Waals surface area contributed by atoms with Gasteiger partial charge in [-0.3, -0.25) is 4.79 Å². The van der Waals surface area contributed by atoms with Crippen LogP contribution in [0.5, 0.6) is 0 Å². The number of nitrogens with zero attached hydrogens (tertiary/aromatic N) is 1. The third-order valence-corrected chi connectivity index (χ3v) is 9.43. The molecular formula is C45H50IrNO3-. The van der Waals surface area contributed by atoms with E-state index in [0.717, 1.165) is 65.5 Å². The number of carbonyl (C=O) groups excluding carboxylic acids is 1. The number of ketones is 1. The number of aliphatic hydroxyl groups is 1. The second kappa shape index (κ2) is 17.2. The third kappa shape index (κ3) is 8.99. The van der Waals surface area contributed by atoms with E-state index in [1.165, 1.54) is 33.4 Å². The Labute approximate surface area is 311 Å². The van der Waals surface area contributed by atoms with Gasteiger partial charge in [-0.15, -0.1) is 35.4 Å². The largest absolute Gasteiger partial charge is 0.512 e. The molecule has 50 heavy (non-hydrogen) atoms. The molecule has 6 rings (SSSR count). The molecule has 0 unspecified atom stereocenters. The minimum atomic E-state index is 0. The average molecular weight is 845 g/mol. The van der Waals surface area contributed by atoms with Crippen molar-refractivity contribution < 1.29 is 34.4 Å². The summed E-state index contributed by atoms with van der Waals surface area (Å²) in [7, 11) is 0. The SMILES string of the molecule is CC(C)(C)Cc1ccnc(-c2[c-]ccc(-c3cccc4c3ccc3oc5ccccc5c34)c2)c1.CCC(CC)C(=O)/C=C(\O)C(CC)CC.[Ir]. The number of rotatable bonds is 10. The number of furan rings is 1. The topological polar surface area (TPSA) is 63.3 Å². The van der Waals surface area contributed by atoms with Crippen LogP contribution in [0.4, 0.5) is 0 Å². The fraction of sp³-hybridized carbons (Fsp3) is 0.333. The molecule has 0 spiro atoms. The molecule has 0 amide bonds. The number of carbonyl (C=O) groups is 1. The Bertz CT molecular complexity index is 2080. The molecule has 0 saturated carbocycles. The van der Waals surface area contributed by atoms with Gasteiger partial charge in [-0.1, -0.05) is 103 Å².